The van der Waals surface area contributed by atoms with Gasteiger partial charge >= 0.3 is 5.97 Å². The monoisotopic (exact) mass is 315 g/mol. The molecule has 1 unspecified atom stereocenters. The molecular weight excluding hydrogens is 305 g/mol. The maximum Gasteiger partial charge on any atom is 0.323 e. The fraction of sp³-hybridized carbons (Fsp3) is 0.250. The lowest BCUT2D eigenvalue weighted by Crippen LogP contribution is -2.20. The first-order chi connectivity index (χ1) is 8.02. The van der Waals surface area contributed by atoms with Crippen molar-refractivity contribution < 1.29 is 9.90 Å². The minimum atomic E-state index is -1.00. The zero-order chi connectivity index (χ0) is 12.6. The Morgan fingerprint density at radius 1 is 1.53 bits per heavy atom. The standard InChI is InChI=1S/C12H11BrClNO2/c1-7-11(13)8-4-2-3-5-10(8)15(7)6-9(14)12(16)17/h2-5,9H,6H2,1H3,(H,16,17). The molecule has 1 N–H and O–H groups in total. The Balaban J connectivity index is 2.53. The van der Waals surface area contributed by atoms with Crippen molar-refractivity contribution in [3.63, 3.8) is 0 Å². The number of benzene rings is 1. The van der Waals surface area contributed by atoms with Gasteiger partial charge < -0.3 is 9.67 Å². The van der Waals surface area contributed by atoms with E-state index in [-0.39, 0.29) is 6.54 Å². The summed E-state index contributed by atoms with van der Waals surface area (Å²) in [6.07, 6.45) is 0. The molecule has 0 radical (unpaired) electrons. The minimum Gasteiger partial charge on any atom is -0.480 e. The lowest BCUT2D eigenvalue weighted by molar-refractivity contribution is -0.136. The SMILES string of the molecule is Cc1c(Br)c2ccccc2n1CC(Cl)C(=O)O. The molecule has 0 bridgehead atoms. The number of nitrogens with zero attached hydrogens (tertiary/aromatic N) is 1. The van der Waals surface area contributed by atoms with Crippen LogP contribution in [0.4, 0.5) is 0 Å². The molecule has 5 heteroatoms. The van der Waals surface area contributed by atoms with Crippen LogP contribution in [0.1, 0.15) is 5.69 Å². The van der Waals surface area contributed by atoms with Crippen molar-refractivity contribution in [3.05, 3.63) is 34.4 Å². The van der Waals surface area contributed by atoms with Crippen molar-refractivity contribution in [2.24, 2.45) is 0 Å². The summed E-state index contributed by atoms with van der Waals surface area (Å²) in [6.45, 7) is 2.20. The van der Waals surface area contributed by atoms with Gasteiger partial charge in [-0.2, -0.15) is 0 Å². The highest BCUT2D eigenvalue weighted by Crippen LogP contribution is 2.30. The zero-order valence-corrected chi connectivity index (χ0v) is 11.5. The van der Waals surface area contributed by atoms with Crippen LogP contribution in [0.5, 0.6) is 0 Å². The Morgan fingerprint density at radius 3 is 2.82 bits per heavy atom. The van der Waals surface area contributed by atoms with E-state index in [1.165, 1.54) is 0 Å². The van der Waals surface area contributed by atoms with E-state index in [1.807, 2.05) is 35.8 Å². The number of aliphatic carboxylic acids is 1. The van der Waals surface area contributed by atoms with Crippen LogP contribution in [0.3, 0.4) is 0 Å². The normalized spacial score (nSPS) is 12.9. The molecular formula is C12H11BrClNO2. The van der Waals surface area contributed by atoms with Gasteiger partial charge in [0, 0.05) is 21.1 Å². The fourth-order valence-corrected chi connectivity index (χ4v) is 2.55. The number of aromatic nitrogens is 1. The molecule has 1 aromatic heterocycles. The highest BCUT2D eigenvalue weighted by Gasteiger charge is 2.18. The summed E-state index contributed by atoms with van der Waals surface area (Å²) in [5.41, 5.74) is 1.97. The van der Waals surface area contributed by atoms with E-state index in [1.54, 1.807) is 0 Å². The summed E-state index contributed by atoms with van der Waals surface area (Å²) in [5.74, 6) is -1.00. The molecule has 1 atom stereocenters. The molecule has 17 heavy (non-hydrogen) atoms. The molecule has 1 heterocycles. The number of fused-ring (bicyclic) bond motifs is 1. The summed E-state index contributed by atoms with van der Waals surface area (Å²) < 4.78 is 2.91. The van der Waals surface area contributed by atoms with Gasteiger partial charge in [-0.3, -0.25) is 4.79 Å². The van der Waals surface area contributed by atoms with E-state index in [2.05, 4.69) is 15.9 Å². The number of hydrogen-bond donors (Lipinski definition) is 1. The van der Waals surface area contributed by atoms with Gasteiger partial charge in [0.1, 0.15) is 5.38 Å². The third kappa shape index (κ3) is 2.19. The average molecular weight is 317 g/mol. The summed E-state index contributed by atoms with van der Waals surface area (Å²) in [4.78, 5) is 10.8. The molecule has 0 fully saturated rings. The van der Waals surface area contributed by atoms with Crippen LogP contribution in [0, 0.1) is 6.92 Å². The first-order valence-corrected chi connectivity index (χ1v) is 6.35. The number of hydrogen-bond acceptors (Lipinski definition) is 1. The van der Waals surface area contributed by atoms with Crippen molar-refractivity contribution in [2.45, 2.75) is 18.8 Å². The highest BCUT2D eigenvalue weighted by molar-refractivity contribution is 9.10. The Hall–Kier alpha value is -1.00. The van der Waals surface area contributed by atoms with Crippen LogP contribution in [-0.4, -0.2) is 21.0 Å². The van der Waals surface area contributed by atoms with Gasteiger partial charge in [-0.25, -0.2) is 0 Å². The summed E-state index contributed by atoms with van der Waals surface area (Å²) in [7, 11) is 0. The molecule has 0 saturated heterocycles. The molecule has 0 amide bonds. The van der Waals surface area contributed by atoms with Gasteiger partial charge in [0.15, 0.2) is 0 Å². The van der Waals surface area contributed by atoms with Crippen LogP contribution < -0.4 is 0 Å². The Morgan fingerprint density at radius 2 is 2.18 bits per heavy atom. The third-order valence-electron chi connectivity index (χ3n) is 2.76. The van der Waals surface area contributed by atoms with Crippen LogP contribution in [0.15, 0.2) is 28.7 Å². The number of para-hydroxylation sites is 1. The van der Waals surface area contributed by atoms with E-state index < -0.39 is 11.3 Å². The van der Waals surface area contributed by atoms with Gasteiger partial charge in [-0.05, 0) is 28.9 Å². The Bertz CT molecular complexity index is 579. The van der Waals surface area contributed by atoms with Gasteiger partial charge in [0.05, 0.1) is 6.54 Å². The van der Waals surface area contributed by atoms with Crippen molar-refractivity contribution >= 4 is 44.4 Å². The maximum atomic E-state index is 10.8. The van der Waals surface area contributed by atoms with Crippen molar-refractivity contribution in [1.82, 2.24) is 4.57 Å². The first kappa shape index (κ1) is 12.5. The zero-order valence-electron chi connectivity index (χ0n) is 9.15. The second-order valence-corrected chi connectivity index (χ2v) is 5.15. The number of alkyl halides is 1. The quantitative estimate of drug-likeness (QED) is 0.882. The predicted octanol–water partition coefficient (Wildman–Crippen LogP) is 3.40. The molecule has 1 aromatic carbocycles. The molecule has 2 rings (SSSR count). The van der Waals surface area contributed by atoms with Crippen LogP contribution in [-0.2, 0) is 11.3 Å². The molecule has 0 aliphatic rings. The first-order valence-electron chi connectivity index (χ1n) is 5.12. The van der Waals surface area contributed by atoms with Gasteiger partial charge in [-0.15, -0.1) is 11.6 Å². The number of carboxylic acids is 1. The van der Waals surface area contributed by atoms with Crippen molar-refractivity contribution in [2.75, 3.05) is 0 Å². The molecule has 0 aliphatic carbocycles. The third-order valence-corrected chi connectivity index (χ3v) is 4.09. The number of halogens is 2. The smallest absolute Gasteiger partial charge is 0.323 e. The number of rotatable bonds is 3. The Labute approximate surface area is 112 Å². The molecule has 0 aliphatic heterocycles. The van der Waals surface area contributed by atoms with Crippen LogP contribution in [0.2, 0.25) is 0 Å². The number of carboxylic acid groups (broad SMARTS) is 1. The van der Waals surface area contributed by atoms with Gasteiger partial charge in [0.25, 0.3) is 0 Å². The molecule has 0 spiro atoms. The lowest BCUT2D eigenvalue weighted by Gasteiger charge is -2.10. The van der Waals surface area contributed by atoms with Gasteiger partial charge in [0.2, 0.25) is 0 Å². The fourth-order valence-electron chi connectivity index (χ4n) is 1.86. The second-order valence-electron chi connectivity index (χ2n) is 3.83. The van der Waals surface area contributed by atoms with Crippen LogP contribution in [0.25, 0.3) is 10.9 Å². The average Bonchev–Trinajstić information content (AvgIpc) is 2.55. The predicted molar refractivity (Wildman–Crippen MR) is 71.7 cm³/mol. The second kappa shape index (κ2) is 4.70. The largest absolute Gasteiger partial charge is 0.480 e. The van der Waals surface area contributed by atoms with E-state index >= 15 is 0 Å². The van der Waals surface area contributed by atoms with Crippen molar-refractivity contribution in [3.8, 4) is 0 Å². The van der Waals surface area contributed by atoms with E-state index in [0.29, 0.717) is 0 Å². The molecule has 2 aromatic rings. The van der Waals surface area contributed by atoms with Crippen LogP contribution >= 0.6 is 27.5 Å². The topological polar surface area (TPSA) is 42.2 Å². The van der Waals surface area contributed by atoms with E-state index in [4.69, 9.17) is 16.7 Å². The Kier molecular flexibility index (Phi) is 3.45. The minimum absolute atomic E-state index is 0.259. The van der Waals surface area contributed by atoms with Crippen molar-refractivity contribution in [1.29, 1.82) is 0 Å². The lowest BCUT2D eigenvalue weighted by atomic mass is 10.2. The number of carbonyl (C=O) groups is 1. The van der Waals surface area contributed by atoms with Gasteiger partial charge in [-0.1, -0.05) is 18.2 Å². The summed E-state index contributed by atoms with van der Waals surface area (Å²) in [5, 5.41) is 9.00. The molecule has 3 nitrogen and oxygen atoms in total. The summed E-state index contributed by atoms with van der Waals surface area (Å²) >= 11 is 9.31. The molecule has 0 saturated carbocycles. The highest BCUT2D eigenvalue weighted by atomic mass is 79.9. The molecule has 90 valence electrons. The van der Waals surface area contributed by atoms with E-state index in [9.17, 15) is 4.79 Å². The maximum absolute atomic E-state index is 10.8. The summed E-state index contributed by atoms with van der Waals surface area (Å²) in [6, 6.07) is 7.83. The van der Waals surface area contributed by atoms with E-state index in [0.717, 1.165) is 21.1 Å².